The van der Waals surface area contributed by atoms with Crippen LogP contribution in [0.3, 0.4) is 0 Å². The van der Waals surface area contributed by atoms with Crippen LogP contribution in [0.25, 0.3) is 5.76 Å². The second kappa shape index (κ2) is 3.81. The van der Waals surface area contributed by atoms with E-state index in [2.05, 4.69) is 11.9 Å². The van der Waals surface area contributed by atoms with Gasteiger partial charge in [0.05, 0.1) is 7.11 Å². The average Bonchev–Trinajstić information content (AvgIpc) is 2.16. The highest BCUT2D eigenvalue weighted by Crippen LogP contribution is 2.21. The van der Waals surface area contributed by atoms with Gasteiger partial charge in [-0.05, 0) is 12.1 Å². The van der Waals surface area contributed by atoms with E-state index < -0.39 is 0 Å². The summed E-state index contributed by atoms with van der Waals surface area (Å²) in [6.07, 6.45) is 0. The van der Waals surface area contributed by atoms with Gasteiger partial charge in [-0.1, -0.05) is 18.7 Å². The molecule has 0 fully saturated rings. The third-order valence-electron chi connectivity index (χ3n) is 1.74. The Hall–Kier alpha value is -1.44. The molecule has 0 bridgehead atoms. The van der Waals surface area contributed by atoms with Crippen molar-refractivity contribution >= 4 is 11.4 Å². The standard InChI is InChI=1S/C10H13NO/c1-8(12-3)9-6-4-5-7-10(9)11-2/h4-7,11H,1H2,2-3H3. The van der Waals surface area contributed by atoms with Crippen LogP contribution < -0.4 is 5.32 Å². The van der Waals surface area contributed by atoms with E-state index in [1.807, 2.05) is 31.3 Å². The van der Waals surface area contributed by atoms with Crippen LogP contribution in [0.5, 0.6) is 0 Å². The second-order valence-corrected chi connectivity index (χ2v) is 2.42. The average molecular weight is 163 g/mol. The summed E-state index contributed by atoms with van der Waals surface area (Å²) in [5, 5.41) is 3.07. The highest BCUT2D eigenvalue weighted by atomic mass is 16.5. The molecule has 0 radical (unpaired) electrons. The van der Waals surface area contributed by atoms with Crippen molar-refractivity contribution in [2.24, 2.45) is 0 Å². The summed E-state index contributed by atoms with van der Waals surface area (Å²) in [6.45, 7) is 3.79. The van der Waals surface area contributed by atoms with Gasteiger partial charge in [0, 0.05) is 18.3 Å². The number of methoxy groups -OCH3 is 1. The van der Waals surface area contributed by atoms with Crippen LogP contribution in [0.1, 0.15) is 5.56 Å². The van der Waals surface area contributed by atoms with E-state index in [0.717, 1.165) is 11.3 Å². The minimum atomic E-state index is 0.681. The van der Waals surface area contributed by atoms with Crippen molar-refractivity contribution in [3.8, 4) is 0 Å². The van der Waals surface area contributed by atoms with E-state index in [4.69, 9.17) is 4.74 Å². The van der Waals surface area contributed by atoms with Crippen LogP contribution in [0.15, 0.2) is 30.8 Å². The molecule has 0 aliphatic carbocycles. The number of para-hydroxylation sites is 1. The Balaban J connectivity index is 3.04. The fourth-order valence-corrected chi connectivity index (χ4v) is 1.05. The number of hydrogen-bond acceptors (Lipinski definition) is 2. The topological polar surface area (TPSA) is 21.3 Å². The van der Waals surface area contributed by atoms with Gasteiger partial charge in [0.1, 0.15) is 5.76 Å². The lowest BCUT2D eigenvalue weighted by Gasteiger charge is -2.09. The number of rotatable bonds is 3. The number of nitrogens with one attached hydrogen (secondary N) is 1. The largest absolute Gasteiger partial charge is 0.497 e. The summed E-state index contributed by atoms with van der Waals surface area (Å²) in [6, 6.07) is 7.88. The molecule has 0 heterocycles. The zero-order valence-corrected chi connectivity index (χ0v) is 7.42. The smallest absolute Gasteiger partial charge is 0.120 e. The van der Waals surface area contributed by atoms with Gasteiger partial charge in [-0.2, -0.15) is 0 Å². The number of anilines is 1. The predicted molar refractivity (Wildman–Crippen MR) is 52.0 cm³/mol. The summed E-state index contributed by atoms with van der Waals surface area (Å²) < 4.78 is 5.04. The minimum Gasteiger partial charge on any atom is -0.497 e. The Morgan fingerprint density at radius 3 is 2.67 bits per heavy atom. The normalized spacial score (nSPS) is 9.17. The molecule has 0 aliphatic rings. The first-order valence-corrected chi connectivity index (χ1v) is 3.79. The lowest BCUT2D eigenvalue weighted by Crippen LogP contribution is -1.94. The maximum absolute atomic E-state index is 5.04. The van der Waals surface area contributed by atoms with E-state index in [1.54, 1.807) is 7.11 Å². The number of benzene rings is 1. The highest BCUT2D eigenvalue weighted by Gasteiger charge is 2.02. The quantitative estimate of drug-likeness (QED) is 0.690. The highest BCUT2D eigenvalue weighted by molar-refractivity contribution is 5.71. The molecule has 0 saturated heterocycles. The van der Waals surface area contributed by atoms with Gasteiger partial charge in [-0.25, -0.2) is 0 Å². The second-order valence-electron chi connectivity index (χ2n) is 2.42. The fraction of sp³-hybridized carbons (Fsp3) is 0.200. The molecule has 64 valence electrons. The van der Waals surface area contributed by atoms with Crippen molar-refractivity contribution < 1.29 is 4.74 Å². The van der Waals surface area contributed by atoms with Crippen LogP contribution in [0.2, 0.25) is 0 Å². The summed E-state index contributed by atoms with van der Waals surface area (Å²) >= 11 is 0. The van der Waals surface area contributed by atoms with Gasteiger partial charge in [0.2, 0.25) is 0 Å². The molecule has 1 aromatic rings. The van der Waals surface area contributed by atoms with Gasteiger partial charge in [0.15, 0.2) is 0 Å². The van der Waals surface area contributed by atoms with E-state index >= 15 is 0 Å². The van der Waals surface area contributed by atoms with Gasteiger partial charge in [-0.15, -0.1) is 0 Å². The first-order chi connectivity index (χ1) is 5.79. The first kappa shape index (κ1) is 8.65. The summed E-state index contributed by atoms with van der Waals surface area (Å²) in [5.74, 6) is 0.681. The molecule has 12 heavy (non-hydrogen) atoms. The lowest BCUT2D eigenvalue weighted by molar-refractivity contribution is 0.371. The number of hydrogen-bond donors (Lipinski definition) is 1. The Morgan fingerprint density at radius 1 is 1.42 bits per heavy atom. The molecular formula is C10H13NO. The van der Waals surface area contributed by atoms with Gasteiger partial charge in [-0.3, -0.25) is 0 Å². The molecule has 1 N–H and O–H groups in total. The van der Waals surface area contributed by atoms with E-state index in [-0.39, 0.29) is 0 Å². The maximum Gasteiger partial charge on any atom is 0.120 e. The zero-order chi connectivity index (χ0) is 8.97. The monoisotopic (exact) mass is 163 g/mol. The van der Waals surface area contributed by atoms with Crippen molar-refractivity contribution in [3.63, 3.8) is 0 Å². The fourth-order valence-electron chi connectivity index (χ4n) is 1.05. The van der Waals surface area contributed by atoms with E-state index in [0.29, 0.717) is 5.76 Å². The molecular weight excluding hydrogens is 150 g/mol. The maximum atomic E-state index is 5.04. The Morgan fingerprint density at radius 2 is 2.08 bits per heavy atom. The van der Waals surface area contributed by atoms with E-state index in [1.165, 1.54) is 0 Å². The van der Waals surface area contributed by atoms with Gasteiger partial charge >= 0.3 is 0 Å². The number of ether oxygens (including phenoxy) is 1. The van der Waals surface area contributed by atoms with Crippen LogP contribution in [-0.4, -0.2) is 14.2 Å². The molecule has 1 rings (SSSR count). The molecule has 0 atom stereocenters. The molecule has 0 unspecified atom stereocenters. The summed E-state index contributed by atoms with van der Waals surface area (Å²) in [5.41, 5.74) is 2.03. The SMILES string of the molecule is C=C(OC)c1ccccc1NC. The van der Waals surface area contributed by atoms with Crippen molar-refractivity contribution in [2.75, 3.05) is 19.5 Å². The molecule has 0 amide bonds. The Bertz CT molecular complexity index is 281. The van der Waals surface area contributed by atoms with Crippen LogP contribution in [0.4, 0.5) is 5.69 Å². The van der Waals surface area contributed by atoms with Crippen LogP contribution in [0, 0.1) is 0 Å². The van der Waals surface area contributed by atoms with Crippen molar-refractivity contribution in [1.29, 1.82) is 0 Å². The molecule has 0 spiro atoms. The van der Waals surface area contributed by atoms with Gasteiger partial charge < -0.3 is 10.1 Å². The molecule has 2 heteroatoms. The van der Waals surface area contributed by atoms with E-state index in [9.17, 15) is 0 Å². The molecule has 0 aliphatic heterocycles. The summed E-state index contributed by atoms with van der Waals surface area (Å²) in [4.78, 5) is 0. The third-order valence-corrected chi connectivity index (χ3v) is 1.74. The first-order valence-electron chi connectivity index (χ1n) is 3.79. The third kappa shape index (κ3) is 1.59. The minimum absolute atomic E-state index is 0.681. The Kier molecular flexibility index (Phi) is 2.75. The molecule has 0 saturated carbocycles. The van der Waals surface area contributed by atoms with Crippen molar-refractivity contribution in [2.45, 2.75) is 0 Å². The van der Waals surface area contributed by atoms with Crippen LogP contribution in [-0.2, 0) is 4.74 Å². The van der Waals surface area contributed by atoms with Crippen LogP contribution >= 0.6 is 0 Å². The lowest BCUT2D eigenvalue weighted by atomic mass is 10.1. The Labute approximate surface area is 72.9 Å². The summed E-state index contributed by atoms with van der Waals surface area (Å²) in [7, 11) is 3.50. The van der Waals surface area contributed by atoms with Gasteiger partial charge in [0.25, 0.3) is 0 Å². The predicted octanol–water partition coefficient (Wildman–Crippen LogP) is 2.35. The molecule has 0 aromatic heterocycles. The van der Waals surface area contributed by atoms with Crippen molar-refractivity contribution in [1.82, 2.24) is 0 Å². The molecule has 2 nitrogen and oxygen atoms in total. The molecule has 1 aromatic carbocycles. The van der Waals surface area contributed by atoms with Crippen molar-refractivity contribution in [3.05, 3.63) is 36.4 Å². The zero-order valence-electron chi connectivity index (χ0n) is 7.42.